The maximum atomic E-state index is 12.0. The van der Waals surface area contributed by atoms with Crippen molar-refractivity contribution in [1.29, 1.82) is 0 Å². The summed E-state index contributed by atoms with van der Waals surface area (Å²) in [6.07, 6.45) is 0.576. The zero-order valence-corrected chi connectivity index (χ0v) is 11.4. The molecule has 2 unspecified atom stereocenters. The fourth-order valence-corrected chi connectivity index (χ4v) is 2.51. The molecule has 1 saturated heterocycles. The van der Waals surface area contributed by atoms with Crippen molar-refractivity contribution in [3.05, 3.63) is 39.9 Å². The first kappa shape index (κ1) is 14.2. The Morgan fingerprint density at radius 1 is 1.27 bits per heavy atom. The van der Waals surface area contributed by atoms with Crippen LogP contribution in [0.4, 0.5) is 5.69 Å². The van der Waals surface area contributed by atoms with Crippen molar-refractivity contribution < 1.29 is 24.1 Å². The van der Waals surface area contributed by atoms with E-state index in [2.05, 4.69) is 0 Å². The second-order valence-corrected chi connectivity index (χ2v) is 5.29. The van der Waals surface area contributed by atoms with Crippen molar-refractivity contribution in [2.45, 2.75) is 25.2 Å². The second kappa shape index (κ2) is 5.21. The number of nitro groups is 1. The minimum absolute atomic E-state index is 0.0404. The molecular weight excluding hydrogens is 292 g/mol. The number of non-ortho nitro benzene ring substituents is 1. The minimum Gasteiger partial charge on any atom is -0.330 e. The molecule has 2 fully saturated rings. The smallest absolute Gasteiger partial charge is 0.330 e. The first-order valence-corrected chi connectivity index (χ1v) is 6.79. The van der Waals surface area contributed by atoms with E-state index in [9.17, 15) is 24.5 Å². The topological polar surface area (TPSA) is 107 Å². The molecule has 0 radical (unpaired) electrons. The van der Waals surface area contributed by atoms with Crippen LogP contribution in [-0.4, -0.2) is 27.8 Å². The molecule has 8 nitrogen and oxygen atoms in total. The lowest BCUT2D eigenvalue weighted by Crippen LogP contribution is -2.32. The van der Waals surface area contributed by atoms with Crippen LogP contribution in [0.5, 0.6) is 0 Å². The van der Waals surface area contributed by atoms with Gasteiger partial charge >= 0.3 is 5.97 Å². The van der Waals surface area contributed by atoms with Gasteiger partial charge in [-0.3, -0.25) is 19.7 Å². The van der Waals surface area contributed by atoms with Crippen molar-refractivity contribution >= 4 is 23.5 Å². The summed E-state index contributed by atoms with van der Waals surface area (Å²) in [5, 5.41) is 11.3. The second-order valence-electron chi connectivity index (χ2n) is 5.29. The molecule has 0 spiro atoms. The quantitative estimate of drug-likeness (QED) is 0.471. The van der Waals surface area contributed by atoms with E-state index in [1.807, 2.05) is 0 Å². The predicted molar refractivity (Wildman–Crippen MR) is 71.1 cm³/mol. The third-order valence-electron chi connectivity index (χ3n) is 3.79. The molecule has 2 amide bonds. The number of amides is 2. The number of benzene rings is 1. The molecular formula is C14H12N2O6. The molecule has 1 heterocycles. The Balaban J connectivity index is 1.65. The van der Waals surface area contributed by atoms with Crippen molar-refractivity contribution in [3.63, 3.8) is 0 Å². The highest BCUT2D eigenvalue weighted by Crippen LogP contribution is 2.48. The van der Waals surface area contributed by atoms with Crippen LogP contribution in [0, 0.1) is 16.0 Å². The maximum Gasteiger partial charge on any atom is 0.336 e. The van der Waals surface area contributed by atoms with Crippen LogP contribution in [0.25, 0.3) is 0 Å². The fourth-order valence-electron chi connectivity index (χ4n) is 2.51. The van der Waals surface area contributed by atoms with Gasteiger partial charge in [-0.2, -0.15) is 0 Å². The highest BCUT2D eigenvalue weighted by molar-refractivity contribution is 6.01. The van der Waals surface area contributed by atoms with Gasteiger partial charge in [0.15, 0.2) is 0 Å². The summed E-state index contributed by atoms with van der Waals surface area (Å²) >= 11 is 0. The Hall–Kier alpha value is -2.77. The van der Waals surface area contributed by atoms with Gasteiger partial charge in [0.05, 0.1) is 10.8 Å². The Morgan fingerprint density at radius 2 is 1.95 bits per heavy atom. The van der Waals surface area contributed by atoms with Crippen LogP contribution in [0.3, 0.4) is 0 Å². The molecule has 1 aromatic carbocycles. The molecule has 1 aromatic rings. The molecule has 3 rings (SSSR count). The van der Waals surface area contributed by atoms with Crippen molar-refractivity contribution in [1.82, 2.24) is 5.06 Å². The van der Waals surface area contributed by atoms with Crippen molar-refractivity contribution in [2.24, 2.45) is 5.92 Å². The molecule has 22 heavy (non-hydrogen) atoms. The van der Waals surface area contributed by atoms with E-state index in [-0.39, 0.29) is 24.4 Å². The molecule has 114 valence electrons. The van der Waals surface area contributed by atoms with Crippen molar-refractivity contribution in [2.75, 3.05) is 0 Å². The van der Waals surface area contributed by atoms with E-state index in [4.69, 9.17) is 4.84 Å². The Labute approximate surface area is 124 Å². The molecule has 0 aromatic heterocycles. The molecule has 2 atom stereocenters. The van der Waals surface area contributed by atoms with Gasteiger partial charge in [-0.05, 0) is 17.9 Å². The predicted octanol–water partition coefficient (Wildman–Crippen LogP) is 1.31. The highest BCUT2D eigenvalue weighted by Gasteiger charge is 2.47. The van der Waals surface area contributed by atoms with E-state index in [1.54, 1.807) is 12.1 Å². The van der Waals surface area contributed by atoms with Gasteiger partial charge in [-0.25, -0.2) is 4.79 Å². The summed E-state index contributed by atoms with van der Waals surface area (Å²) in [6, 6.07) is 6.06. The molecule has 1 aliphatic carbocycles. The number of hydrogen-bond acceptors (Lipinski definition) is 6. The number of imide groups is 1. The summed E-state index contributed by atoms with van der Waals surface area (Å²) in [7, 11) is 0. The van der Waals surface area contributed by atoms with Crippen LogP contribution >= 0.6 is 0 Å². The summed E-state index contributed by atoms with van der Waals surface area (Å²) in [6.45, 7) is 0. The SMILES string of the molecule is O=C(ON1C(=O)CCC1=O)C1CC1c1cccc([N+](=O)[O-])c1. The van der Waals surface area contributed by atoms with Gasteiger partial charge in [0.2, 0.25) is 0 Å². The monoisotopic (exact) mass is 304 g/mol. The lowest BCUT2D eigenvalue weighted by atomic mass is 10.1. The third kappa shape index (κ3) is 2.54. The lowest BCUT2D eigenvalue weighted by molar-refractivity contribution is -0.384. The molecule has 0 N–H and O–H groups in total. The van der Waals surface area contributed by atoms with Gasteiger partial charge in [0, 0.05) is 25.0 Å². The number of nitro benzene ring substituents is 1. The molecule has 0 bridgehead atoms. The highest BCUT2D eigenvalue weighted by atomic mass is 16.7. The van der Waals surface area contributed by atoms with Gasteiger partial charge in [0.1, 0.15) is 0 Å². The molecule has 2 aliphatic rings. The van der Waals surface area contributed by atoms with Gasteiger partial charge in [0.25, 0.3) is 17.5 Å². The number of hydrogen-bond donors (Lipinski definition) is 0. The van der Waals surface area contributed by atoms with Crippen LogP contribution in [0.1, 0.15) is 30.7 Å². The summed E-state index contributed by atoms with van der Waals surface area (Å²) in [5.41, 5.74) is 0.636. The van der Waals surface area contributed by atoms with Crippen LogP contribution in [0.15, 0.2) is 24.3 Å². The summed E-state index contributed by atoms with van der Waals surface area (Å²) in [5.74, 6) is -2.36. The Kier molecular flexibility index (Phi) is 3.36. The van der Waals surface area contributed by atoms with Crippen LogP contribution in [-0.2, 0) is 19.2 Å². The van der Waals surface area contributed by atoms with E-state index >= 15 is 0 Å². The number of nitrogens with zero attached hydrogens (tertiary/aromatic N) is 2. The average molecular weight is 304 g/mol. The Morgan fingerprint density at radius 3 is 2.59 bits per heavy atom. The normalized spacial score (nSPS) is 23.5. The van der Waals surface area contributed by atoms with Gasteiger partial charge in [-0.15, -0.1) is 5.06 Å². The number of rotatable bonds is 4. The zero-order chi connectivity index (χ0) is 15.9. The van der Waals surface area contributed by atoms with E-state index in [0.29, 0.717) is 17.0 Å². The average Bonchev–Trinajstić information content (AvgIpc) is 3.24. The third-order valence-corrected chi connectivity index (χ3v) is 3.79. The lowest BCUT2D eigenvalue weighted by Gasteiger charge is -2.12. The number of carbonyl (C=O) groups excluding carboxylic acids is 3. The van der Waals surface area contributed by atoms with Gasteiger partial charge in [-0.1, -0.05) is 12.1 Å². The first-order chi connectivity index (χ1) is 10.5. The molecule has 8 heteroatoms. The van der Waals surface area contributed by atoms with E-state index < -0.39 is 28.6 Å². The summed E-state index contributed by atoms with van der Waals surface area (Å²) in [4.78, 5) is 49.8. The van der Waals surface area contributed by atoms with Crippen LogP contribution in [0.2, 0.25) is 0 Å². The first-order valence-electron chi connectivity index (χ1n) is 6.79. The standard InChI is InChI=1S/C14H12N2O6/c17-12-4-5-13(18)15(12)22-14(19)11-7-10(11)8-2-1-3-9(6-8)16(20)21/h1-3,6,10-11H,4-5,7H2. The Bertz CT molecular complexity index is 670. The fraction of sp³-hybridized carbons (Fsp3) is 0.357. The van der Waals surface area contributed by atoms with Crippen LogP contribution < -0.4 is 0 Å². The molecule has 1 aliphatic heterocycles. The van der Waals surface area contributed by atoms with Gasteiger partial charge < -0.3 is 4.84 Å². The zero-order valence-electron chi connectivity index (χ0n) is 11.4. The maximum absolute atomic E-state index is 12.0. The largest absolute Gasteiger partial charge is 0.336 e. The minimum atomic E-state index is -0.653. The van der Waals surface area contributed by atoms with E-state index in [0.717, 1.165) is 0 Å². The number of carbonyl (C=O) groups is 3. The van der Waals surface area contributed by atoms with Crippen molar-refractivity contribution in [3.8, 4) is 0 Å². The number of hydroxylamine groups is 2. The molecule has 1 saturated carbocycles. The van der Waals surface area contributed by atoms with E-state index in [1.165, 1.54) is 12.1 Å². The summed E-state index contributed by atoms with van der Waals surface area (Å²) < 4.78 is 0.